The molecule has 1 N–H and O–H groups in total. The van der Waals surface area contributed by atoms with Gasteiger partial charge in [-0.3, -0.25) is 4.72 Å². The van der Waals surface area contributed by atoms with Crippen molar-refractivity contribution in [3.8, 4) is 5.69 Å². The molecule has 3 aromatic rings. The maximum atomic E-state index is 13.0. The fourth-order valence-corrected chi connectivity index (χ4v) is 3.35. The Morgan fingerprint density at radius 3 is 2.76 bits per heavy atom. The molecule has 1 aliphatic carbocycles. The summed E-state index contributed by atoms with van der Waals surface area (Å²) < 4.78 is 46.7. The lowest BCUT2D eigenvalue weighted by atomic mass is 10.2. The van der Waals surface area contributed by atoms with Crippen molar-refractivity contribution in [1.29, 1.82) is 0 Å². The highest BCUT2D eigenvalue weighted by atomic mass is 32.2. The monoisotopic (exact) mass is 362 g/mol. The Morgan fingerprint density at radius 2 is 2.04 bits per heavy atom. The number of hydrogen-bond donors (Lipinski definition) is 1. The second kappa shape index (κ2) is 5.99. The van der Waals surface area contributed by atoms with Crippen molar-refractivity contribution >= 4 is 15.8 Å². The molecule has 2 heterocycles. The summed E-state index contributed by atoms with van der Waals surface area (Å²) in [6.07, 6.45) is 5.68. The van der Waals surface area contributed by atoms with Gasteiger partial charge in [0.25, 0.3) is 10.0 Å². The highest BCUT2D eigenvalue weighted by Gasteiger charge is 2.24. The molecule has 1 fully saturated rings. The molecule has 1 aliphatic rings. The van der Waals surface area contributed by atoms with Crippen molar-refractivity contribution in [2.75, 3.05) is 4.72 Å². The molecule has 2 aromatic heterocycles. The molecule has 0 aliphatic heterocycles. The minimum Gasteiger partial charge on any atom is -0.359 e. The predicted octanol–water partition coefficient (Wildman–Crippen LogP) is 2.75. The Morgan fingerprint density at radius 1 is 1.28 bits per heavy atom. The molecule has 9 heteroatoms. The number of nitrogens with one attached hydrogen (secondary N) is 1. The Labute approximate surface area is 143 Å². The van der Waals surface area contributed by atoms with Crippen LogP contribution in [0.3, 0.4) is 0 Å². The zero-order valence-electron chi connectivity index (χ0n) is 13.1. The molecule has 1 aromatic carbocycles. The summed E-state index contributed by atoms with van der Waals surface area (Å²) in [5.41, 5.74) is 0.552. The van der Waals surface area contributed by atoms with E-state index in [2.05, 4.69) is 15.0 Å². The van der Waals surface area contributed by atoms with Crippen LogP contribution in [0.1, 0.15) is 18.6 Å². The summed E-state index contributed by atoms with van der Waals surface area (Å²) in [4.78, 5) is -0.0245. The summed E-state index contributed by atoms with van der Waals surface area (Å²) >= 11 is 0. The van der Waals surface area contributed by atoms with Gasteiger partial charge in [-0.25, -0.2) is 17.5 Å². The van der Waals surface area contributed by atoms with Crippen LogP contribution in [-0.4, -0.2) is 23.4 Å². The van der Waals surface area contributed by atoms with E-state index in [0.29, 0.717) is 17.4 Å². The molecular weight excluding hydrogens is 347 g/mol. The van der Waals surface area contributed by atoms with Gasteiger partial charge in [-0.2, -0.15) is 5.10 Å². The van der Waals surface area contributed by atoms with E-state index in [4.69, 9.17) is 4.52 Å². The van der Waals surface area contributed by atoms with Crippen molar-refractivity contribution in [1.82, 2.24) is 14.9 Å². The number of benzene rings is 1. The molecule has 0 amide bonds. The second-order valence-corrected chi connectivity index (χ2v) is 7.71. The number of rotatable bonds is 6. The lowest BCUT2D eigenvalue weighted by Gasteiger charge is -2.02. The van der Waals surface area contributed by atoms with Gasteiger partial charge in [0.05, 0.1) is 18.1 Å². The van der Waals surface area contributed by atoms with E-state index in [0.717, 1.165) is 6.42 Å². The maximum Gasteiger partial charge on any atom is 0.266 e. The molecule has 0 bridgehead atoms. The van der Waals surface area contributed by atoms with Crippen LogP contribution in [0.25, 0.3) is 5.69 Å². The number of halogens is 1. The van der Waals surface area contributed by atoms with Crippen LogP contribution in [-0.2, 0) is 16.4 Å². The van der Waals surface area contributed by atoms with E-state index in [1.54, 1.807) is 6.07 Å². The van der Waals surface area contributed by atoms with E-state index < -0.39 is 10.0 Å². The molecule has 0 spiro atoms. The first-order chi connectivity index (χ1) is 12.0. The largest absolute Gasteiger partial charge is 0.359 e. The van der Waals surface area contributed by atoms with Crippen molar-refractivity contribution in [2.45, 2.75) is 24.2 Å². The average Bonchev–Trinajstić information content (AvgIpc) is 3.07. The van der Waals surface area contributed by atoms with Crippen molar-refractivity contribution in [2.24, 2.45) is 5.92 Å². The lowest BCUT2D eigenvalue weighted by Crippen LogP contribution is -2.12. The average molecular weight is 362 g/mol. The highest BCUT2D eigenvalue weighted by Crippen LogP contribution is 2.33. The van der Waals surface area contributed by atoms with Crippen LogP contribution in [0.5, 0.6) is 0 Å². The normalized spacial score (nSPS) is 14.6. The van der Waals surface area contributed by atoms with Crippen LogP contribution < -0.4 is 4.72 Å². The second-order valence-electron chi connectivity index (χ2n) is 6.03. The maximum absolute atomic E-state index is 13.0. The summed E-state index contributed by atoms with van der Waals surface area (Å²) in [6.45, 7) is 0. The fraction of sp³-hybridized carbons (Fsp3) is 0.250. The summed E-state index contributed by atoms with van der Waals surface area (Å²) in [6, 6.07) is 7.17. The van der Waals surface area contributed by atoms with Gasteiger partial charge < -0.3 is 4.52 Å². The fourth-order valence-electron chi connectivity index (χ4n) is 2.44. The first-order valence-corrected chi connectivity index (χ1v) is 9.27. The summed E-state index contributed by atoms with van der Waals surface area (Å²) in [5, 5.41) is 7.76. The molecule has 0 unspecified atom stereocenters. The van der Waals surface area contributed by atoms with E-state index in [1.807, 2.05) is 0 Å². The third-order valence-electron chi connectivity index (χ3n) is 3.95. The van der Waals surface area contributed by atoms with Gasteiger partial charge in [0.1, 0.15) is 16.5 Å². The van der Waals surface area contributed by atoms with Gasteiger partial charge >= 0.3 is 0 Å². The van der Waals surface area contributed by atoms with Crippen molar-refractivity contribution < 1.29 is 17.3 Å². The van der Waals surface area contributed by atoms with Gasteiger partial charge in [-0.1, -0.05) is 5.16 Å². The number of nitrogens with zero attached hydrogens (tertiary/aromatic N) is 3. The molecule has 7 nitrogen and oxygen atoms in total. The summed E-state index contributed by atoms with van der Waals surface area (Å²) in [5.74, 6) is 1.05. The molecule has 1 saturated carbocycles. The molecule has 130 valence electrons. The molecule has 0 atom stereocenters. The first kappa shape index (κ1) is 15.8. The zero-order valence-corrected chi connectivity index (χ0v) is 13.9. The highest BCUT2D eigenvalue weighted by molar-refractivity contribution is 7.92. The standard InChI is InChI=1S/C16H15FN4O3S/c17-12-3-5-13(6-4-12)21-10-15(9-18-21)25(22,23)20-16-8-14(24-19-16)7-11-1-2-11/h3-6,8-11H,1-2,7H2,(H,19,20). The molecule has 0 radical (unpaired) electrons. The summed E-state index contributed by atoms with van der Waals surface area (Å²) in [7, 11) is -3.84. The van der Waals surface area contributed by atoms with Gasteiger partial charge in [-0.15, -0.1) is 0 Å². The van der Waals surface area contributed by atoms with Gasteiger partial charge in [0.15, 0.2) is 5.82 Å². The smallest absolute Gasteiger partial charge is 0.266 e. The van der Waals surface area contributed by atoms with Crippen LogP contribution in [0, 0.1) is 11.7 Å². The van der Waals surface area contributed by atoms with Gasteiger partial charge in [0.2, 0.25) is 0 Å². The zero-order chi connectivity index (χ0) is 17.4. The van der Waals surface area contributed by atoms with Gasteiger partial charge in [0, 0.05) is 12.5 Å². The minimum atomic E-state index is -3.84. The molecule has 4 rings (SSSR count). The Balaban J connectivity index is 1.51. The SMILES string of the molecule is O=S(=O)(Nc1cc(CC2CC2)on1)c1cnn(-c2ccc(F)cc2)c1. The number of hydrogen-bond acceptors (Lipinski definition) is 5. The minimum absolute atomic E-state index is 0.0245. The quantitative estimate of drug-likeness (QED) is 0.728. The first-order valence-electron chi connectivity index (χ1n) is 7.79. The number of anilines is 1. The van der Waals surface area contributed by atoms with E-state index >= 15 is 0 Å². The van der Waals surface area contributed by atoms with E-state index in [9.17, 15) is 12.8 Å². The third-order valence-corrected chi connectivity index (χ3v) is 5.25. The van der Waals surface area contributed by atoms with Crippen LogP contribution in [0.15, 0.2) is 52.1 Å². The van der Waals surface area contributed by atoms with Crippen LogP contribution in [0.4, 0.5) is 10.2 Å². The van der Waals surface area contributed by atoms with Crippen LogP contribution >= 0.6 is 0 Å². The van der Waals surface area contributed by atoms with E-state index in [-0.39, 0.29) is 16.5 Å². The van der Waals surface area contributed by atoms with Crippen molar-refractivity contribution in [3.05, 3.63) is 54.3 Å². The lowest BCUT2D eigenvalue weighted by molar-refractivity contribution is 0.380. The third kappa shape index (κ3) is 3.55. The Hall–Kier alpha value is -2.68. The van der Waals surface area contributed by atoms with E-state index in [1.165, 1.54) is 54.2 Å². The molecular formula is C16H15FN4O3S. The van der Waals surface area contributed by atoms with Gasteiger partial charge in [-0.05, 0) is 43.0 Å². The number of sulfonamides is 1. The number of aromatic nitrogens is 3. The van der Waals surface area contributed by atoms with Crippen molar-refractivity contribution in [3.63, 3.8) is 0 Å². The molecule has 0 saturated heterocycles. The predicted molar refractivity (Wildman–Crippen MR) is 87.3 cm³/mol. The Bertz CT molecular complexity index is 991. The Kier molecular flexibility index (Phi) is 3.79. The topological polar surface area (TPSA) is 90.0 Å². The molecule has 25 heavy (non-hydrogen) atoms. The van der Waals surface area contributed by atoms with Crippen LogP contribution in [0.2, 0.25) is 0 Å².